The monoisotopic (exact) mass is 227 g/mol. The minimum absolute atomic E-state index is 0.429. The molecule has 2 unspecified atom stereocenters. The number of hydrogen-bond donors (Lipinski definition) is 1. The standard InChI is InChI=1S/C8H13N5O3/c1-5(14)10-8(15)13(2)7-4-3-6(16-7)11-12-9/h6-7H,3-4H2,1-2H3,(H,10,14,15). The molecule has 0 radical (unpaired) electrons. The number of ether oxygens (including phenoxy) is 1. The van der Waals surface area contributed by atoms with Crippen LogP contribution in [0.1, 0.15) is 19.8 Å². The molecule has 0 aromatic carbocycles. The van der Waals surface area contributed by atoms with Crippen LogP contribution in [0.2, 0.25) is 0 Å². The van der Waals surface area contributed by atoms with E-state index in [-0.39, 0.29) is 0 Å². The number of carbonyl (C=O) groups is 2. The molecular weight excluding hydrogens is 214 g/mol. The van der Waals surface area contributed by atoms with Crippen molar-refractivity contribution in [2.45, 2.75) is 32.2 Å². The van der Waals surface area contributed by atoms with Crippen molar-refractivity contribution in [1.29, 1.82) is 0 Å². The molecule has 16 heavy (non-hydrogen) atoms. The maximum Gasteiger partial charge on any atom is 0.325 e. The fraction of sp³-hybridized carbons (Fsp3) is 0.750. The third-order valence-corrected chi connectivity index (χ3v) is 2.19. The molecule has 0 bridgehead atoms. The molecule has 1 saturated heterocycles. The van der Waals surface area contributed by atoms with Crippen molar-refractivity contribution in [2.75, 3.05) is 7.05 Å². The number of carbonyl (C=O) groups excluding carboxylic acids is 2. The molecule has 1 aliphatic heterocycles. The largest absolute Gasteiger partial charge is 0.349 e. The minimum Gasteiger partial charge on any atom is -0.349 e. The minimum atomic E-state index is -0.539. The summed E-state index contributed by atoms with van der Waals surface area (Å²) < 4.78 is 5.30. The van der Waals surface area contributed by atoms with Gasteiger partial charge in [-0.1, -0.05) is 5.11 Å². The fourth-order valence-electron chi connectivity index (χ4n) is 1.40. The molecule has 1 N–H and O–H groups in total. The van der Waals surface area contributed by atoms with Crippen molar-refractivity contribution in [3.63, 3.8) is 0 Å². The Bertz CT molecular complexity index is 339. The number of hydrogen-bond acceptors (Lipinski definition) is 4. The summed E-state index contributed by atoms with van der Waals surface area (Å²) in [4.78, 5) is 26.0. The molecule has 88 valence electrons. The average molecular weight is 227 g/mol. The third-order valence-electron chi connectivity index (χ3n) is 2.19. The zero-order chi connectivity index (χ0) is 12.1. The molecule has 2 atom stereocenters. The summed E-state index contributed by atoms with van der Waals surface area (Å²) >= 11 is 0. The Balaban J connectivity index is 2.50. The summed E-state index contributed by atoms with van der Waals surface area (Å²) in [6.45, 7) is 1.25. The van der Waals surface area contributed by atoms with Crippen LogP contribution in [0, 0.1) is 0 Å². The van der Waals surface area contributed by atoms with Crippen molar-refractivity contribution >= 4 is 11.9 Å². The number of imide groups is 1. The van der Waals surface area contributed by atoms with Crippen LogP contribution in [-0.4, -0.2) is 36.3 Å². The molecule has 1 heterocycles. The highest BCUT2D eigenvalue weighted by Gasteiger charge is 2.30. The first-order valence-corrected chi connectivity index (χ1v) is 4.78. The van der Waals surface area contributed by atoms with Gasteiger partial charge in [0.05, 0.1) is 0 Å². The summed E-state index contributed by atoms with van der Waals surface area (Å²) in [5.74, 6) is -0.429. The molecule has 3 amide bonds. The van der Waals surface area contributed by atoms with Crippen LogP contribution in [0.25, 0.3) is 10.4 Å². The van der Waals surface area contributed by atoms with Crippen LogP contribution in [-0.2, 0) is 9.53 Å². The van der Waals surface area contributed by atoms with Crippen LogP contribution >= 0.6 is 0 Å². The molecule has 8 nitrogen and oxygen atoms in total. The highest BCUT2D eigenvalue weighted by Crippen LogP contribution is 2.22. The van der Waals surface area contributed by atoms with E-state index in [9.17, 15) is 9.59 Å². The number of nitrogens with one attached hydrogen (secondary N) is 1. The Hall–Kier alpha value is -1.79. The summed E-state index contributed by atoms with van der Waals surface area (Å²) in [6.07, 6.45) is 0.134. The van der Waals surface area contributed by atoms with Gasteiger partial charge in [-0.2, -0.15) is 0 Å². The molecule has 0 aliphatic carbocycles. The van der Waals surface area contributed by atoms with Crippen molar-refractivity contribution < 1.29 is 14.3 Å². The van der Waals surface area contributed by atoms with Gasteiger partial charge >= 0.3 is 6.03 Å². The lowest BCUT2D eigenvalue weighted by molar-refractivity contribution is -0.118. The van der Waals surface area contributed by atoms with Gasteiger partial charge < -0.3 is 9.64 Å². The highest BCUT2D eigenvalue weighted by molar-refractivity contribution is 5.92. The molecule has 1 aliphatic rings. The van der Waals surface area contributed by atoms with Crippen molar-refractivity contribution in [1.82, 2.24) is 10.2 Å². The predicted octanol–water partition coefficient (Wildman–Crippen LogP) is 0.947. The zero-order valence-electron chi connectivity index (χ0n) is 9.08. The van der Waals surface area contributed by atoms with Crippen molar-refractivity contribution in [2.24, 2.45) is 5.11 Å². The first-order valence-electron chi connectivity index (χ1n) is 4.78. The Kier molecular flexibility index (Phi) is 4.10. The van der Waals surface area contributed by atoms with E-state index in [0.717, 1.165) is 0 Å². The Morgan fingerprint density at radius 1 is 1.56 bits per heavy atom. The summed E-state index contributed by atoms with van der Waals surface area (Å²) in [5, 5.41) is 5.54. The lowest BCUT2D eigenvalue weighted by atomic mass is 10.3. The Morgan fingerprint density at radius 2 is 2.25 bits per heavy atom. The molecule has 0 aromatic heterocycles. The van der Waals surface area contributed by atoms with E-state index in [4.69, 9.17) is 10.3 Å². The number of amides is 3. The zero-order valence-corrected chi connectivity index (χ0v) is 9.08. The highest BCUT2D eigenvalue weighted by atomic mass is 16.5. The van der Waals surface area contributed by atoms with E-state index in [0.29, 0.717) is 12.8 Å². The maximum absolute atomic E-state index is 11.4. The molecule has 0 aromatic rings. The van der Waals surface area contributed by atoms with Crippen LogP contribution < -0.4 is 5.32 Å². The first-order chi connectivity index (χ1) is 7.54. The Morgan fingerprint density at radius 3 is 2.81 bits per heavy atom. The number of rotatable bonds is 2. The van der Waals surface area contributed by atoms with E-state index >= 15 is 0 Å². The second-order valence-corrected chi connectivity index (χ2v) is 3.42. The number of azide groups is 1. The van der Waals surface area contributed by atoms with Gasteiger partial charge in [-0.25, -0.2) is 4.79 Å². The molecule has 1 fully saturated rings. The van der Waals surface area contributed by atoms with E-state index in [2.05, 4.69) is 15.3 Å². The van der Waals surface area contributed by atoms with Gasteiger partial charge in [0.2, 0.25) is 5.91 Å². The van der Waals surface area contributed by atoms with Crippen LogP contribution in [0.3, 0.4) is 0 Å². The average Bonchev–Trinajstić information content (AvgIpc) is 2.64. The summed E-state index contributed by atoms with van der Waals surface area (Å²) in [7, 11) is 1.52. The molecule has 0 spiro atoms. The quantitative estimate of drug-likeness (QED) is 0.431. The topological polar surface area (TPSA) is 107 Å². The smallest absolute Gasteiger partial charge is 0.325 e. The maximum atomic E-state index is 11.4. The van der Waals surface area contributed by atoms with Gasteiger partial charge in [-0.15, -0.1) is 0 Å². The van der Waals surface area contributed by atoms with E-state index < -0.39 is 24.4 Å². The van der Waals surface area contributed by atoms with Crippen molar-refractivity contribution in [3.05, 3.63) is 10.4 Å². The summed E-state index contributed by atoms with van der Waals surface area (Å²) in [6, 6.07) is -0.529. The second-order valence-electron chi connectivity index (χ2n) is 3.42. The lowest BCUT2D eigenvalue weighted by Gasteiger charge is -2.23. The van der Waals surface area contributed by atoms with Gasteiger partial charge in [0.1, 0.15) is 12.5 Å². The number of nitrogens with zero attached hydrogens (tertiary/aromatic N) is 4. The van der Waals surface area contributed by atoms with Crippen LogP contribution in [0.4, 0.5) is 4.79 Å². The SMILES string of the molecule is CC(=O)NC(=O)N(C)C1CCC(N=[N+]=[N-])O1. The van der Waals surface area contributed by atoms with E-state index in [1.807, 2.05) is 0 Å². The molecule has 1 rings (SSSR count). The van der Waals surface area contributed by atoms with Gasteiger partial charge in [0.15, 0.2) is 0 Å². The second kappa shape index (κ2) is 5.34. The molecule has 0 saturated carbocycles. The third kappa shape index (κ3) is 3.11. The molecule has 8 heteroatoms. The summed E-state index contributed by atoms with van der Waals surface area (Å²) in [5.41, 5.74) is 8.22. The van der Waals surface area contributed by atoms with E-state index in [1.54, 1.807) is 0 Å². The van der Waals surface area contributed by atoms with Gasteiger partial charge in [-0.3, -0.25) is 10.1 Å². The molecular formula is C8H13N5O3. The van der Waals surface area contributed by atoms with Crippen LogP contribution in [0.15, 0.2) is 5.11 Å². The number of urea groups is 1. The van der Waals surface area contributed by atoms with Crippen molar-refractivity contribution in [3.8, 4) is 0 Å². The van der Waals surface area contributed by atoms with Crippen LogP contribution in [0.5, 0.6) is 0 Å². The van der Waals surface area contributed by atoms with Gasteiger partial charge in [-0.05, 0) is 18.4 Å². The lowest BCUT2D eigenvalue weighted by Crippen LogP contribution is -2.45. The fourth-order valence-corrected chi connectivity index (χ4v) is 1.40. The van der Waals surface area contributed by atoms with E-state index in [1.165, 1.54) is 18.9 Å². The van der Waals surface area contributed by atoms with Gasteiger partial charge in [0, 0.05) is 18.9 Å². The Labute approximate surface area is 92.2 Å². The first kappa shape index (κ1) is 12.3. The van der Waals surface area contributed by atoms with Gasteiger partial charge in [0.25, 0.3) is 0 Å². The normalized spacial score (nSPS) is 23.4. The predicted molar refractivity (Wildman–Crippen MR) is 54.0 cm³/mol.